The number of hydrogen-bond donors (Lipinski definition) is 3. The highest BCUT2D eigenvalue weighted by Crippen LogP contribution is 2.31. The van der Waals surface area contributed by atoms with Crippen LogP contribution in [0.1, 0.15) is 24.8 Å². The van der Waals surface area contributed by atoms with E-state index in [1.807, 2.05) is 12.1 Å². The fourth-order valence-electron chi connectivity index (χ4n) is 3.01. The quantitative estimate of drug-likeness (QED) is 0.364. The molecule has 140 valence electrons. The number of nitrogens with one attached hydrogen (secondary N) is 2. The minimum absolute atomic E-state index is 0.00318. The predicted molar refractivity (Wildman–Crippen MR) is 104 cm³/mol. The Labute approximate surface area is 159 Å². The lowest BCUT2D eigenvalue weighted by Crippen LogP contribution is -2.44. The molecule has 0 saturated carbocycles. The summed E-state index contributed by atoms with van der Waals surface area (Å²) in [4.78, 5) is 4.26. The number of aliphatic hydroxyl groups excluding tert-OH is 1. The number of aliphatic imine (C=N–C) groups is 1. The Bertz CT molecular complexity index is 575. The van der Waals surface area contributed by atoms with E-state index in [4.69, 9.17) is 27.9 Å². The topological polar surface area (TPSA) is 65.9 Å². The number of aryl methyl sites for hydroxylation is 1. The van der Waals surface area contributed by atoms with Gasteiger partial charge in [0, 0.05) is 48.8 Å². The first-order chi connectivity index (χ1) is 12.1. The van der Waals surface area contributed by atoms with Gasteiger partial charge in [-0.3, -0.25) is 4.99 Å². The third-order valence-electron chi connectivity index (χ3n) is 4.61. The summed E-state index contributed by atoms with van der Waals surface area (Å²) in [6, 6.07) is 5.61. The fraction of sp³-hybridized carbons (Fsp3) is 0.611. The molecule has 0 bridgehead atoms. The van der Waals surface area contributed by atoms with Crippen LogP contribution in [0.2, 0.25) is 10.0 Å². The third kappa shape index (κ3) is 6.33. The Morgan fingerprint density at radius 1 is 1.36 bits per heavy atom. The van der Waals surface area contributed by atoms with Crippen LogP contribution < -0.4 is 10.6 Å². The van der Waals surface area contributed by atoms with Crippen molar-refractivity contribution in [3.05, 3.63) is 33.8 Å². The van der Waals surface area contributed by atoms with E-state index in [2.05, 4.69) is 15.6 Å². The van der Waals surface area contributed by atoms with Gasteiger partial charge in [0.2, 0.25) is 0 Å². The predicted octanol–water partition coefficient (Wildman–Crippen LogP) is 2.88. The van der Waals surface area contributed by atoms with Crippen molar-refractivity contribution in [3.8, 4) is 0 Å². The molecule has 25 heavy (non-hydrogen) atoms. The molecule has 1 aromatic carbocycles. The first-order valence-electron chi connectivity index (χ1n) is 8.66. The van der Waals surface area contributed by atoms with Crippen LogP contribution in [0.4, 0.5) is 0 Å². The van der Waals surface area contributed by atoms with E-state index in [0.29, 0.717) is 16.7 Å². The van der Waals surface area contributed by atoms with Crippen LogP contribution in [0.3, 0.4) is 0 Å². The maximum Gasteiger partial charge on any atom is 0.190 e. The number of guanidine groups is 1. The van der Waals surface area contributed by atoms with E-state index in [9.17, 15) is 5.11 Å². The van der Waals surface area contributed by atoms with E-state index < -0.39 is 0 Å². The molecule has 3 N–H and O–H groups in total. The van der Waals surface area contributed by atoms with Crippen LogP contribution in [-0.4, -0.2) is 51.0 Å². The second-order valence-corrected chi connectivity index (χ2v) is 7.31. The molecule has 1 fully saturated rings. The molecule has 0 amide bonds. The molecule has 0 aromatic heterocycles. The van der Waals surface area contributed by atoms with Gasteiger partial charge in [-0.1, -0.05) is 29.3 Å². The summed E-state index contributed by atoms with van der Waals surface area (Å²) in [5.74, 6) is 0.770. The first-order valence-corrected chi connectivity index (χ1v) is 9.41. The van der Waals surface area contributed by atoms with Gasteiger partial charge in [0.1, 0.15) is 0 Å². The zero-order valence-electron chi connectivity index (χ0n) is 14.7. The number of hydrogen-bond acceptors (Lipinski definition) is 3. The maximum absolute atomic E-state index is 9.29. The molecule has 2 rings (SSSR count). The first kappa shape index (κ1) is 20.3. The molecule has 1 aliphatic rings. The zero-order chi connectivity index (χ0) is 18.1. The third-order valence-corrected chi connectivity index (χ3v) is 5.20. The van der Waals surface area contributed by atoms with E-state index in [0.717, 1.165) is 56.9 Å². The Kier molecular flexibility index (Phi) is 8.30. The van der Waals surface area contributed by atoms with Crippen LogP contribution in [-0.2, 0) is 11.2 Å². The molecular weight excluding hydrogens is 361 g/mol. The van der Waals surface area contributed by atoms with E-state index in [-0.39, 0.29) is 12.0 Å². The van der Waals surface area contributed by atoms with Crippen LogP contribution >= 0.6 is 23.2 Å². The lowest BCUT2D eigenvalue weighted by Gasteiger charge is -2.27. The van der Waals surface area contributed by atoms with Crippen LogP contribution in [0, 0.1) is 5.41 Å². The summed E-state index contributed by atoms with van der Waals surface area (Å²) in [5, 5.41) is 17.3. The molecule has 0 radical (unpaired) electrons. The Morgan fingerprint density at radius 3 is 2.84 bits per heavy atom. The largest absolute Gasteiger partial charge is 0.396 e. The van der Waals surface area contributed by atoms with Gasteiger partial charge >= 0.3 is 0 Å². The van der Waals surface area contributed by atoms with Crippen molar-refractivity contribution in [3.63, 3.8) is 0 Å². The lowest BCUT2D eigenvalue weighted by molar-refractivity contribution is 0.127. The van der Waals surface area contributed by atoms with Crippen molar-refractivity contribution in [1.82, 2.24) is 10.6 Å². The second-order valence-electron chi connectivity index (χ2n) is 6.47. The van der Waals surface area contributed by atoms with Gasteiger partial charge in [-0.05, 0) is 43.4 Å². The summed E-state index contributed by atoms with van der Waals surface area (Å²) in [7, 11) is 1.76. The van der Waals surface area contributed by atoms with Gasteiger partial charge in [0.25, 0.3) is 0 Å². The molecule has 0 aliphatic carbocycles. The zero-order valence-corrected chi connectivity index (χ0v) is 16.2. The highest BCUT2D eigenvalue weighted by Gasteiger charge is 2.34. The monoisotopic (exact) mass is 387 g/mol. The van der Waals surface area contributed by atoms with Crippen molar-refractivity contribution in [2.24, 2.45) is 10.4 Å². The molecule has 5 nitrogen and oxygen atoms in total. The average molecular weight is 388 g/mol. The molecular formula is C18H27Cl2N3O2. The Morgan fingerprint density at radius 2 is 2.20 bits per heavy atom. The number of aliphatic hydroxyl groups is 1. The maximum atomic E-state index is 9.29. The van der Waals surface area contributed by atoms with E-state index >= 15 is 0 Å². The highest BCUT2D eigenvalue weighted by atomic mass is 35.5. The van der Waals surface area contributed by atoms with Crippen LogP contribution in [0.15, 0.2) is 23.2 Å². The molecule has 0 spiro atoms. The van der Waals surface area contributed by atoms with Gasteiger partial charge < -0.3 is 20.5 Å². The number of ether oxygens (including phenoxy) is 1. The molecule has 1 atom stereocenters. The number of nitrogens with zero attached hydrogens (tertiary/aromatic N) is 1. The number of benzene rings is 1. The van der Waals surface area contributed by atoms with Crippen molar-refractivity contribution < 1.29 is 9.84 Å². The fourth-order valence-corrected chi connectivity index (χ4v) is 3.52. The van der Waals surface area contributed by atoms with Crippen molar-refractivity contribution in [2.45, 2.75) is 25.7 Å². The normalized spacial score (nSPS) is 20.7. The molecule has 1 heterocycles. The van der Waals surface area contributed by atoms with Crippen molar-refractivity contribution >= 4 is 29.2 Å². The molecule has 1 unspecified atom stereocenters. The Hall–Kier alpha value is -1.01. The SMILES string of the molecule is CN=C(NCCCc1ccc(Cl)cc1Cl)NCC1(CCO)CCOC1. The van der Waals surface area contributed by atoms with Crippen LogP contribution in [0.5, 0.6) is 0 Å². The number of rotatable bonds is 8. The molecule has 1 aliphatic heterocycles. The van der Waals surface area contributed by atoms with Crippen LogP contribution in [0.25, 0.3) is 0 Å². The van der Waals surface area contributed by atoms with Gasteiger partial charge in [0.15, 0.2) is 5.96 Å². The minimum atomic E-state index is 0.00318. The van der Waals surface area contributed by atoms with Gasteiger partial charge in [-0.15, -0.1) is 0 Å². The Balaban J connectivity index is 1.73. The van der Waals surface area contributed by atoms with Crippen molar-refractivity contribution in [1.29, 1.82) is 0 Å². The summed E-state index contributed by atoms with van der Waals surface area (Å²) >= 11 is 12.1. The molecule has 7 heteroatoms. The van der Waals surface area contributed by atoms with Crippen molar-refractivity contribution in [2.75, 3.05) is 40.0 Å². The standard InChI is InChI=1S/C18H27Cl2N3O2/c1-21-17(23-12-18(6-9-24)7-10-25-13-18)22-8-2-3-14-4-5-15(19)11-16(14)20/h4-5,11,24H,2-3,6-10,12-13H2,1H3,(H2,21,22,23). The molecule has 1 aromatic rings. The highest BCUT2D eigenvalue weighted by molar-refractivity contribution is 6.35. The van der Waals surface area contributed by atoms with Gasteiger partial charge in [-0.25, -0.2) is 0 Å². The lowest BCUT2D eigenvalue weighted by atomic mass is 9.84. The summed E-state index contributed by atoms with van der Waals surface area (Å²) < 4.78 is 5.51. The van der Waals surface area contributed by atoms with Gasteiger partial charge in [-0.2, -0.15) is 0 Å². The summed E-state index contributed by atoms with van der Waals surface area (Å²) in [6.45, 7) is 3.17. The second kappa shape index (κ2) is 10.2. The summed E-state index contributed by atoms with van der Waals surface area (Å²) in [5.41, 5.74) is 1.10. The number of halogens is 2. The van der Waals surface area contributed by atoms with Gasteiger partial charge in [0.05, 0.1) is 6.61 Å². The van der Waals surface area contributed by atoms with E-state index in [1.165, 1.54) is 0 Å². The smallest absolute Gasteiger partial charge is 0.190 e. The minimum Gasteiger partial charge on any atom is -0.396 e. The average Bonchev–Trinajstić information content (AvgIpc) is 3.05. The molecule has 1 saturated heterocycles. The summed E-state index contributed by atoms with van der Waals surface area (Å²) in [6.07, 6.45) is 3.52. The van der Waals surface area contributed by atoms with E-state index in [1.54, 1.807) is 13.1 Å².